The minimum atomic E-state index is -0.620. The summed E-state index contributed by atoms with van der Waals surface area (Å²) in [4.78, 5) is 48.9. The third-order valence-electron chi connectivity index (χ3n) is 5.64. The van der Waals surface area contributed by atoms with Crippen molar-refractivity contribution in [1.82, 2.24) is 4.57 Å². The molecule has 1 aliphatic rings. The van der Waals surface area contributed by atoms with Crippen molar-refractivity contribution in [2.24, 2.45) is 0 Å². The highest BCUT2D eigenvalue weighted by Crippen LogP contribution is 2.41. The maximum Gasteiger partial charge on any atom is 0.337 e. The summed E-state index contributed by atoms with van der Waals surface area (Å²) in [6.07, 6.45) is 6.34. The predicted molar refractivity (Wildman–Crippen MR) is 121 cm³/mol. The SMILES string of the molecule is CC=C(C)C(=O)OCC(=CC)C(=O)OCc1ccn2c1C(C(=O)C(C)=CC)CC2OC(C)=O. The van der Waals surface area contributed by atoms with Gasteiger partial charge in [0, 0.05) is 36.4 Å². The third-order valence-corrected chi connectivity index (χ3v) is 5.64. The smallest absolute Gasteiger partial charge is 0.337 e. The number of aromatic nitrogens is 1. The van der Waals surface area contributed by atoms with Crippen molar-refractivity contribution < 1.29 is 33.4 Å². The van der Waals surface area contributed by atoms with Crippen LogP contribution in [0.1, 0.15) is 71.4 Å². The summed E-state index contributed by atoms with van der Waals surface area (Å²) in [6, 6.07) is 1.74. The van der Waals surface area contributed by atoms with Gasteiger partial charge in [0.2, 0.25) is 0 Å². The highest BCUT2D eigenvalue weighted by molar-refractivity contribution is 6.00. The number of allylic oxidation sites excluding steroid dienone is 4. The minimum absolute atomic E-state index is 0.0694. The van der Waals surface area contributed by atoms with Crippen LogP contribution in [0.15, 0.2) is 47.2 Å². The van der Waals surface area contributed by atoms with E-state index in [0.717, 1.165) is 0 Å². The molecule has 0 bridgehead atoms. The van der Waals surface area contributed by atoms with Crippen LogP contribution in [0.2, 0.25) is 0 Å². The van der Waals surface area contributed by atoms with Crippen molar-refractivity contribution in [2.45, 2.75) is 66.7 Å². The molecule has 2 atom stereocenters. The van der Waals surface area contributed by atoms with Crippen LogP contribution in [0, 0.1) is 0 Å². The number of rotatable bonds is 9. The van der Waals surface area contributed by atoms with Gasteiger partial charge in [-0.15, -0.1) is 0 Å². The largest absolute Gasteiger partial charge is 0.457 e. The summed E-state index contributed by atoms with van der Waals surface area (Å²) in [6.45, 7) is 9.57. The highest BCUT2D eigenvalue weighted by atomic mass is 16.6. The molecule has 0 fully saturated rings. The molecule has 8 heteroatoms. The minimum Gasteiger partial charge on any atom is -0.457 e. The van der Waals surface area contributed by atoms with E-state index in [9.17, 15) is 19.2 Å². The Hall–Kier alpha value is -3.42. The van der Waals surface area contributed by atoms with E-state index in [1.807, 2.05) is 0 Å². The molecule has 0 spiro atoms. The fraction of sp³-hybridized carbons (Fsp3) is 0.440. The molecular formula is C25H31NO7. The Morgan fingerprint density at radius 3 is 2.21 bits per heavy atom. The van der Waals surface area contributed by atoms with Crippen LogP contribution in [0.3, 0.4) is 0 Å². The van der Waals surface area contributed by atoms with E-state index < -0.39 is 30.1 Å². The first kappa shape index (κ1) is 25.8. The Bertz CT molecular complexity index is 1030. The molecule has 0 aromatic carbocycles. The quantitative estimate of drug-likeness (QED) is 0.313. The molecule has 8 nitrogen and oxygen atoms in total. The molecule has 0 aliphatic carbocycles. The molecule has 0 saturated heterocycles. The van der Waals surface area contributed by atoms with Gasteiger partial charge in [0.1, 0.15) is 13.2 Å². The second kappa shape index (κ2) is 11.4. The van der Waals surface area contributed by atoms with Crippen molar-refractivity contribution in [3.05, 3.63) is 58.5 Å². The molecule has 2 rings (SSSR count). The first-order valence-corrected chi connectivity index (χ1v) is 10.8. The van der Waals surface area contributed by atoms with E-state index in [2.05, 4.69) is 0 Å². The number of ketones is 1. The van der Waals surface area contributed by atoms with Crippen molar-refractivity contribution in [1.29, 1.82) is 0 Å². The first-order chi connectivity index (χ1) is 15.6. The Balaban J connectivity index is 2.17. The lowest BCUT2D eigenvalue weighted by Crippen LogP contribution is -2.17. The van der Waals surface area contributed by atoms with Crippen LogP contribution in [-0.4, -0.2) is 34.9 Å². The van der Waals surface area contributed by atoms with Gasteiger partial charge < -0.3 is 18.8 Å². The van der Waals surface area contributed by atoms with Gasteiger partial charge in [-0.05, 0) is 46.3 Å². The average molecular weight is 458 g/mol. The first-order valence-electron chi connectivity index (χ1n) is 10.8. The molecular weight excluding hydrogens is 426 g/mol. The summed E-state index contributed by atoms with van der Waals surface area (Å²) in [5.74, 6) is -2.15. The monoisotopic (exact) mass is 457 g/mol. The molecule has 0 saturated carbocycles. The van der Waals surface area contributed by atoms with Crippen molar-refractivity contribution in [2.75, 3.05) is 6.61 Å². The number of ether oxygens (including phenoxy) is 3. The number of hydrogen-bond acceptors (Lipinski definition) is 7. The lowest BCUT2D eigenvalue weighted by molar-refractivity contribution is -0.151. The van der Waals surface area contributed by atoms with E-state index in [0.29, 0.717) is 28.8 Å². The molecule has 1 aromatic rings. The molecule has 2 unspecified atom stereocenters. The Morgan fingerprint density at radius 2 is 1.64 bits per heavy atom. The third kappa shape index (κ3) is 6.09. The van der Waals surface area contributed by atoms with Crippen LogP contribution < -0.4 is 0 Å². The summed E-state index contributed by atoms with van der Waals surface area (Å²) >= 11 is 0. The van der Waals surface area contributed by atoms with Gasteiger partial charge in [0.05, 0.1) is 11.5 Å². The molecule has 0 radical (unpaired) electrons. The molecule has 178 valence electrons. The number of esters is 3. The standard InChI is InChI=1S/C25H31NO7/c1-7-15(4)23(28)20-12-21(33-17(6)27)26-11-10-19(22(20)26)14-32-25(30)18(9-3)13-31-24(29)16(5)8-2/h7-11,20-21H,12-14H2,1-6H3. The average Bonchev–Trinajstić information content (AvgIpc) is 3.37. The van der Waals surface area contributed by atoms with Gasteiger partial charge in [-0.25, -0.2) is 9.59 Å². The fourth-order valence-corrected chi connectivity index (χ4v) is 3.52. The Morgan fingerprint density at radius 1 is 0.970 bits per heavy atom. The van der Waals surface area contributed by atoms with Crippen molar-refractivity contribution in [3.8, 4) is 0 Å². The second-order valence-electron chi connectivity index (χ2n) is 7.76. The van der Waals surface area contributed by atoms with Gasteiger partial charge in [-0.1, -0.05) is 18.2 Å². The van der Waals surface area contributed by atoms with Crippen LogP contribution >= 0.6 is 0 Å². The van der Waals surface area contributed by atoms with Crippen LogP contribution in [-0.2, 0) is 40.0 Å². The summed E-state index contributed by atoms with van der Waals surface area (Å²) in [5, 5.41) is 0. The number of carbonyl (C=O) groups is 4. The van der Waals surface area contributed by atoms with Crippen LogP contribution in [0.5, 0.6) is 0 Å². The van der Waals surface area contributed by atoms with Gasteiger partial charge in [-0.3, -0.25) is 9.59 Å². The maximum absolute atomic E-state index is 13.0. The molecule has 33 heavy (non-hydrogen) atoms. The number of fused-ring (bicyclic) bond motifs is 1. The summed E-state index contributed by atoms with van der Waals surface area (Å²) < 4.78 is 17.7. The number of Topliss-reactive ketones (excluding diaryl/α,β-unsaturated/α-hetero) is 1. The van der Waals surface area contributed by atoms with E-state index in [4.69, 9.17) is 14.2 Å². The Kier molecular flexibility index (Phi) is 8.96. The Labute approximate surface area is 193 Å². The van der Waals surface area contributed by atoms with E-state index >= 15 is 0 Å². The van der Waals surface area contributed by atoms with Gasteiger partial charge in [-0.2, -0.15) is 0 Å². The molecule has 2 heterocycles. The van der Waals surface area contributed by atoms with Crippen LogP contribution in [0.4, 0.5) is 0 Å². The van der Waals surface area contributed by atoms with Crippen molar-refractivity contribution >= 4 is 23.7 Å². The highest BCUT2D eigenvalue weighted by Gasteiger charge is 2.39. The predicted octanol–water partition coefficient (Wildman–Crippen LogP) is 4.07. The van der Waals surface area contributed by atoms with Gasteiger partial charge >= 0.3 is 17.9 Å². The molecule has 1 aliphatic heterocycles. The summed E-state index contributed by atoms with van der Waals surface area (Å²) in [7, 11) is 0. The zero-order valence-corrected chi connectivity index (χ0v) is 20.0. The topological polar surface area (TPSA) is 101 Å². The van der Waals surface area contributed by atoms with E-state index in [-0.39, 0.29) is 24.6 Å². The van der Waals surface area contributed by atoms with E-state index in [1.54, 1.807) is 63.6 Å². The lowest BCUT2D eigenvalue weighted by atomic mass is 9.92. The second-order valence-corrected chi connectivity index (χ2v) is 7.76. The van der Waals surface area contributed by atoms with Gasteiger partial charge in [0.15, 0.2) is 12.0 Å². The number of carbonyl (C=O) groups excluding carboxylic acids is 4. The van der Waals surface area contributed by atoms with Crippen molar-refractivity contribution in [3.63, 3.8) is 0 Å². The van der Waals surface area contributed by atoms with E-state index in [1.165, 1.54) is 13.0 Å². The molecule has 0 amide bonds. The molecule has 1 aromatic heterocycles. The maximum atomic E-state index is 13.0. The number of hydrogen-bond donors (Lipinski definition) is 0. The lowest BCUT2D eigenvalue weighted by Gasteiger charge is -2.13. The summed E-state index contributed by atoms with van der Waals surface area (Å²) in [5.41, 5.74) is 2.57. The van der Waals surface area contributed by atoms with Crippen LogP contribution in [0.25, 0.3) is 0 Å². The zero-order chi connectivity index (χ0) is 24.7. The molecule has 0 N–H and O–H groups in total. The normalized spacial score (nSPS) is 18.5. The zero-order valence-electron chi connectivity index (χ0n) is 20.0. The number of nitrogens with zero attached hydrogens (tertiary/aromatic N) is 1. The fourth-order valence-electron chi connectivity index (χ4n) is 3.52. The van der Waals surface area contributed by atoms with Gasteiger partial charge in [0.25, 0.3) is 0 Å².